The van der Waals surface area contributed by atoms with Crippen LogP contribution in [0.2, 0.25) is 0 Å². The third-order valence-electron chi connectivity index (χ3n) is 5.57. The molecule has 0 unspecified atom stereocenters. The highest BCUT2D eigenvalue weighted by atomic mass is 16.5. The molecular weight excluding hydrogens is 304 g/mol. The van der Waals surface area contributed by atoms with Gasteiger partial charge in [-0.2, -0.15) is 0 Å². The third-order valence-corrected chi connectivity index (χ3v) is 5.57. The maximum absolute atomic E-state index is 12.9. The molecule has 6 nitrogen and oxygen atoms in total. The van der Waals surface area contributed by atoms with E-state index in [0.717, 1.165) is 64.5 Å². The molecule has 24 heavy (non-hydrogen) atoms. The van der Waals surface area contributed by atoms with Crippen LogP contribution in [-0.4, -0.2) is 71.1 Å². The molecule has 0 bridgehead atoms. The highest BCUT2D eigenvalue weighted by Gasteiger charge is 2.38. The molecular formula is C18H26N4O2. The zero-order chi connectivity index (χ0) is 16.5. The van der Waals surface area contributed by atoms with Crippen molar-refractivity contribution in [1.29, 1.82) is 0 Å². The van der Waals surface area contributed by atoms with Gasteiger partial charge in [0.15, 0.2) is 0 Å². The zero-order valence-corrected chi connectivity index (χ0v) is 14.4. The van der Waals surface area contributed by atoms with Gasteiger partial charge in [-0.15, -0.1) is 0 Å². The lowest BCUT2D eigenvalue weighted by atomic mass is 9.99. The van der Waals surface area contributed by atoms with Gasteiger partial charge < -0.3 is 9.64 Å². The Morgan fingerprint density at radius 3 is 2.79 bits per heavy atom. The van der Waals surface area contributed by atoms with Crippen molar-refractivity contribution in [2.75, 3.05) is 39.4 Å². The molecule has 1 aromatic heterocycles. The number of morpholine rings is 1. The molecule has 2 atom stereocenters. The Morgan fingerprint density at radius 1 is 1.29 bits per heavy atom. The van der Waals surface area contributed by atoms with Crippen LogP contribution < -0.4 is 0 Å². The number of likely N-dealkylation sites (tertiary alicyclic amines) is 1. The molecule has 1 aliphatic carbocycles. The van der Waals surface area contributed by atoms with Crippen LogP contribution in [0.3, 0.4) is 0 Å². The van der Waals surface area contributed by atoms with Crippen molar-refractivity contribution in [3.05, 3.63) is 23.8 Å². The van der Waals surface area contributed by atoms with E-state index in [1.165, 1.54) is 0 Å². The number of aromatic nitrogens is 2. The lowest BCUT2D eigenvalue weighted by Crippen LogP contribution is -2.47. The molecule has 0 radical (unpaired) electrons. The summed E-state index contributed by atoms with van der Waals surface area (Å²) in [5.74, 6) is 1.92. The standard InChI is InChI=1S/C18H26N4O2/c1-2-13-11-22(12-16(13)21-7-9-24-10-8-21)18(23)15-5-6-19-17(20-15)14-3-4-14/h5-6,13-14,16H,2-4,7-12H2,1H3/t13-,16-/m1/s1. The second-order valence-corrected chi connectivity index (χ2v) is 7.17. The van der Waals surface area contributed by atoms with Crippen LogP contribution in [0.15, 0.2) is 12.3 Å². The molecule has 1 amide bonds. The van der Waals surface area contributed by atoms with E-state index in [-0.39, 0.29) is 5.91 Å². The molecule has 2 aliphatic heterocycles. The summed E-state index contributed by atoms with van der Waals surface area (Å²) >= 11 is 0. The van der Waals surface area contributed by atoms with Crippen LogP contribution in [-0.2, 0) is 4.74 Å². The molecule has 3 heterocycles. The summed E-state index contributed by atoms with van der Waals surface area (Å²) in [4.78, 5) is 26.3. The Balaban J connectivity index is 1.47. The third kappa shape index (κ3) is 3.17. The second-order valence-electron chi connectivity index (χ2n) is 7.17. The Bertz CT molecular complexity index is 598. The van der Waals surface area contributed by atoms with Gasteiger partial charge >= 0.3 is 0 Å². The van der Waals surface area contributed by atoms with Gasteiger partial charge in [0.05, 0.1) is 13.2 Å². The molecule has 4 rings (SSSR count). The highest BCUT2D eigenvalue weighted by molar-refractivity contribution is 5.92. The number of carbonyl (C=O) groups is 1. The number of hydrogen-bond donors (Lipinski definition) is 0. The van der Waals surface area contributed by atoms with E-state index in [1.807, 2.05) is 4.90 Å². The molecule has 0 aromatic carbocycles. The minimum atomic E-state index is 0.0634. The largest absolute Gasteiger partial charge is 0.379 e. The first kappa shape index (κ1) is 16.0. The number of carbonyl (C=O) groups excluding carboxylic acids is 1. The Labute approximate surface area is 143 Å². The summed E-state index contributed by atoms with van der Waals surface area (Å²) in [5, 5.41) is 0. The molecule has 3 fully saturated rings. The summed E-state index contributed by atoms with van der Waals surface area (Å²) in [6, 6.07) is 2.21. The fourth-order valence-electron chi connectivity index (χ4n) is 3.94. The molecule has 0 N–H and O–H groups in total. The molecule has 1 aromatic rings. The predicted octanol–water partition coefficient (Wildman–Crippen LogP) is 1.54. The van der Waals surface area contributed by atoms with Crippen molar-refractivity contribution in [3.63, 3.8) is 0 Å². The fourth-order valence-corrected chi connectivity index (χ4v) is 3.94. The van der Waals surface area contributed by atoms with Gasteiger partial charge in [0, 0.05) is 44.3 Å². The van der Waals surface area contributed by atoms with E-state index >= 15 is 0 Å². The summed E-state index contributed by atoms with van der Waals surface area (Å²) in [6.45, 7) is 7.42. The van der Waals surface area contributed by atoms with E-state index < -0.39 is 0 Å². The maximum Gasteiger partial charge on any atom is 0.272 e. The Kier molecular flexibility index (Phi) is 4.50. The first-order chi connectivity index (χ1) is 11.8. The minimum Gasteiger partial charge on any atom is -0.379 e. The van der Waals surface area contributed by atoms with Gasteiger partial charge in [0.25, 0.3) is 5.91 Å². The number of hydrogen-bond acceptors (Lipinski definition) is 5. The molecule has 2 saturated heterocycles. The average molecular weight is 330 g/mol. The minimum absolute atomic E-state index is 0.0634. The van der Waals surface area contributed by atoms with Crippen molar-refractivity contribution in [2.24, 2.45) is 5.92 Å². The lowest BCUT2D eigenvalue weighted by Gasteiger charge is -2.34. The molecule has 1 saturated carbocycles. The van der Waals surface area contributed by atoms with Gasteiger partial charge in [-0.05, 0) is 24.8 Å². The average Bonchev–Trinajstić information content (AvgIpc) is 3.41. The predicted molar refractivity (Wildman–Crippen MR) is 89.9 cm³/mol. The van der Waals surface area contributed by atoms with E-state index in [1.54, 1.807) is 12.3 Å². The molecule has 3 aliphatic rings. The maximum atomic E-state index is 12.9. The normalized spacial score (nSPS) is 28.3. The lowest BCUT2D eigenvalue weighted by molar-refractivity contribution is 0.0102. The van der Waals surface area contributed by atoms with E-state index in [2.05, 4.69) is 21.8 Å². The summed E-state index contributed by atoms with van der Waals surface area (Å²) in [7, 11) is 0. The van der Waals surface area contributed by atoms with Crippen molar-refractivity contribution in [2.45, 2.75) is 38.1 Å². The SMILES string of the molecule is CC[C@@H]1CN(C(=O)c2ccnc(C3CC3)n2)C[C@H]1N1CCOCC1. The highest BCUT2D eigenvalue weighted by Crippen LogP contribution is 2.37. The Hall–Kier alpha value is -1.53. The van der Waals surface area contributed by atoms with Crippen LogP contribution in [0.25, 0.3) is 0 Å². The van der Waals surface area contributed by atoms with Crippen LogP contribution in [0, 0.1) is 5.92 Å². The Morgan fingerprint density at radius 2 is 2.08 bits per heavy atom. The topological polar surface area (TPSA) is 58.6 Å². The van der Waals surface area contributed by atoms with Crippen LogP contribution >= 0.6 is 0 Å². The number of ether oxygens (including phenoxy) is 1. The van der Waals surface area contributed by atoms with Crippen LogP contribution in [0.4, 0.5) is 0 Å². The molecule has 130 valence electrons. The first-order valence-corrected chi connectivity index (χ1v) is 9.20. The monoisotopic (exact) mass is 330 g/mol. The van der Waals surface area contributed by atoms with Gasteiger partial charge in [-0.1, -0.05) is 13.3 Å². The van der Waals surface area contributed by atoms with Gasteiger partial charge in [0.1, 0.15) is 11.5 Å². The van der Waals surface area contributed by atoms with Gasteiger partial charge in [-0.25, -0.2) is 9.97 Å². The quantitative estimate of drug-likeness (QED) is 0.838. The molecule has 6 heteroatoms. The van der Waals surface area contributed by atoms with E-state index in [0.29, 0.717) is 23.6 Å². The van der Waals surface area contributed by atoms with Crippen molar-refractivity contribution in [1.82, 2.24) is 19.8 Å². The van der Waals surface area contributed by atoms with Crippen molar-refractivity contribution >= 4 is 5.91 Å². The van der Waals surface area contributed by atoms with Crippen molar-refractivity contribution in [3.8, 4) is 0 Å². The fraction of sp³-hybridized carbons (Fsp3) is 0.722. The summed E-state index contributed by atoms with van der Waals surface area (Å²) in [5.41, 5.74) is 0.560. The summed E-state index contributed by atoms with van der Waals surface area (Å²) < 4.78 is 5.47. The van der Waals surface area contributed by atoms with Crippen molar-refractivity contribution < 1.29 is 9.53 Å². The van der Waals surface area contributed by atoms with E-state index in [9.17, 15) is 4.79 Å². The summed E-state index contributed by atoms with van der Waals surface area (Å²) in [6.07, 6.45) is 5.14. The first-order valence-electron chi connectivity index (χ1n) is 9.20. The van der Waals surface area contributed by atoms with Crippen LogP contribution in [0.1, 0.15) is 48.4 Å². The number of amides is 1. The van der Waals surface area contributed by atoms with Gasteiger partial charge in [0.2, 0.25) is 0 Å². The van der Waals surface area contributed by atoms with E-state index in [4.69, 9.17) is 4.74 Å². The van der Waals surface area contributed by atoms with Gasteiger partial charge in [-0.3, -0.25) is 9.69 Å². The number of nitrogens with zero attached hydrogens (tertiary/aromatic N) is 4. The second kappa shape index (κ2) is 6.76. The van der Waals surface area contributed by atoms with Crippen LogP contribution in [0.5, 0.6) is 0 Å². The molecule has 0 spiro atoms. The number of rotatable bonds is 4. The smallest absolute Gasteiger partial charge is 0.272 e. The zero-order valence-electron chi connectivity index (χ0n) is 14.4.